The van der Waals surface area contributed by atoms with Gasteiger partial charge in [-0.05, 0) is 67.6 Å². The average Bonchev–Trinajstić information content (AvgIpc) is 3.56. The zero-order chi connectivity index (χ0) is 23.4. The molecule has 2 aliphatic heterocycles. The fraction of sp³-hybridized carbons (Fsp3) is 0.125. The van der Waals surface area contributed by atoms with Gasteiger partial charge in [0, 0.05) is 23.0 Å². The summed E-state index contributed by atoms with van der Waals surface area (Å²) in [6.07, 6.45) is 9.47. The molecule has 2 aromatic rings. The SMILES string of the molecule is C/C=C1/C=CC(C(/C(=O)OCC(F)(F)F)=c2/cc/c(=C/c3ccc(/C=C4/C=CC=N4)[nH]3)[nH]2)=N1. The molecular formula is C24H19F3N4O2. The molecule has 0 aromatic carbocycles. The number of alkyl halides is 3. The lowest BCUT2D eigenvalue weighted by molar-refractivity contribution is -0.181. The second-order valence-electron chi connectivity index (χ2n) is 7.16. The molecule has 2 aromatic heterocycles. The van der Waals surface area contributed by atoms with Gasteiger partial charge in [-0.2, -0.15) is 13.2 Å². The highest BCUT2D eigenvalue weighted by Crippen LogP contribution is 2.18. The van der Waals surface area contributed by atoms with Crippen LogP contribution in [0.5, 0.6) is 0 Å². The Bertz CT molecular complexity index is 1370. The van der Waals surface area contributed by atoms with Crippen molar-refractivity contribution in [3.05, 3.63) is 88.1 Å². The maximum Gasteiger partial charge on any atom is 0.422 e. The van der Waals surface area contributed by atoms with E-state index in [2.05, 4.69) is 24.7 Å². The summed E-state index contributed by atoms with van der Waals surface area (Å²) < 4.78 is 42.2. The van der Waals surface area contributed by atoms with Gasteiger partial charge in [-0.1, -0.05) is 6.08 Å². The number of nitrogens with one attached hydrogen (secondary N) is 2. The quantitative estimate of drug-likeness (QED) is 0.683. The van der Waals surface area contributed by atoms with E-state index in [-0.39, 0.29) is 11.3 Å². The van der Waals surface area contributed by atoms with E-state index in [0.717, 1.165) is 17.1 Å². The summed E-state index contributed by atoms with van der Waals surface area (Å²) in [6.45, 7) is 0.0911. The van der Waals surface area contributed by atoms with Crippen molar-refractivity contribution in [1.29, 1.82) is 0 Å². The zero-order valence-electron chi connectivity index (χ0n) is 17.5. The van der Waals surface area contributed by atoms with Crippen molar-refractivity contribution in [2.75, 3.05) is 6.61 Å². The lowest BCUT2D eigenvalue weighted by Crippen LogP contribution is -2.27. The first-order valence-corrected chi connectivity index (χ1v) is 10.0. The van der Waals surface area contributed by atoms with E-state index in [0.29, 0.717) is 16.4 Å². The van der Waals surface area contributed by atoms with Gasteiger partial charge in [-0.3, -0.25) is 4.99 Å². The van der Waals surface area contributed by atoms with Gasteiger partial charge in [-0.15, -0.1) is 0 Å². The Labute approximate surface area is 186 Å². The maximum absolute atomic E-state index is 12.6. The van der Waals surface area contributed by atoms with Crippen LogP contribution in [0.15, 0.2) is 76.0 Å². The molecule has 4 heterocycles. The number of hydrogen-bond donors (Lipinski definition) is 2. The molecule has 2 N–H and O–H groups in total. The van der Waals surface area contributed by atoms with Crippen molar-refractivity contribution in [3.8, 4) is 0 Å². The molecule has 0 saturated carbocycles. The number of carbonyl (C=O) groups is 1. The molecule has 4 rings (SSSR count). The molecule has 0 fully saturated rings. The van der Waals surface area contributed by atoms with Crippen LogP contribution in [-0.4, -0.2) is 40.6 Å². The van der Waals surface area contributed by atoms with Crippen LogP contribution in [-0.2, 0) is 9.53 Å². The van der Waals surface area contributed by atoms with E-state index in [1.807, 2.05) is 36.4 Å². The Morgan fingerprint density at radius 1 is 1.03 bits per heavy atom. The number of H-pyrrole nitrogens is 2. The van der Waals surface area contributed by atoms with Gasteiger partial charge < -0.3 is 14.7 Å². The smallest absolute Gasteiger partial charge is 0.422 e. The molecule has 2 aliphatic rings. The van der Waals surface area contributed by atoms with E-state index in [4.69, 9.17) is 0 Å². The van der Waals surface area contributed by atoms with Crippen LogP contribution >= 0.6 is 0 Å². The second-order valence-corrected chi connectivity index (χ2v) is 7.16. The maximum atomic E-state index is 12.6. The fourth-order valence-corrected chi connectivity index (χ4v) is 3.22. The second kappa shape index (κ2) is 9.15. The predicted molar refractivity (Wildman–Crippen MR) is 121 cm³/mol. The van der Waals surface area contributed by atoms with Gasteiger partial charge in [0.1, 0.15) is 5.57 Å². The summed E-state index contributed by atoms with van der Waals surface area (Å²) in [5.74, 6) is -1.11. The highest BCUT2D eigenvalue weighted by Gasteiger charge is 2.31. The highest BCUT2D eigenvalue weighted by molar-refractivity contribution is 6.44. The number of nitrogens with zero attached hydrogens (tertiary/aromatic N) is 2. The summed E-state index contributed by atoms with van der Waals surface area (Å²) in [4.78, 5) is 27.3. The molecule has 0 bridgehead atoms. The number of halogens is 3. The largest absolute Gasteiger partial charge is 0.452 e. The lowest BCUT2D eigenvalue weighted by Gasteiger charge is -2.09. The fourth-order valence-electron chi connectivity index (χ4n) is 3.22. The van der Waals surface area contributed by atoms with E-state index in [1.54, 1.807) is 43.5 Å². The molecular weight excluding hydrogens is 433 g/mol. The van der Waals surface area contributed by atoms with Gasteiger partial charge in [0.15, 0.2) is 6.61 Å². The molecule has 168 valence electrons. The topological polar surface area (TPSA) is 82.6 Å². The molecule has 0 radical (unpaired) electrons. The van der Waals surface area contributed by atoms with Crippen LogP contribution in [0.4, 0.5) is 13.2 Å². The normalized spacial score (nSPS) is 19.2. The minimum atomic E-state index is -4.63. The summed E-state index contributed by atoms with van der Waals surface area (Å²) >= 11 is 0. The van der Waals surface area contributed by atoms with E-state index < -0.39 is 18.8 Å². The zero-order valence-corrected chi connectivity index (χ0v) is 17.5. The molecule has 9 heteroatoms. The van der Waals surface area contributed by atoms with Crippen molar-refractivity contribution in [2.24, 2.45) is 9.98 Å². The van der Waals surface area contributed by atoms with Crippen molar-refractivity contribution in [2.45, 2.75) is 13.1 Å². The minimum Gasteiger partial charge on any atom is -0.452 e. The Hall–Kier alpha value is -4.14. The predicted octanol–water partition coefficient (Wildman–Crippen LogP) is 3.32. The highest BCUT2D eigenvalue weighted by atomic mass is 19.4. The summed E-state index contributed by atoms with van der Waals surface area (Å²) in [5, 5.41) is 0.938. The average molecular weight is 452 g/mol. The van der Waals surface area contributed by atoms with Gasteiger partial charge in [0.05, 0.1) is 22.5 Å². The van der Waals surface area contributed by atoms with Gasteiger partial charge >= 0.3 is 12.1 Å². The van der Waals surface area contributed by atoms with Gasteiger partial charge in [0.25, 0.3) is 0 Å². The van der Waals surface area contributed by atoms with Crippen LogP contribution < -0.4 is 10.7 Å². The summed E-state index contributed by atoms with van der Waals surface area (Å²) in [5.41, 5.74) is 3.22. The first-order chi connectivity index (χ1) is 15.8. The molecule has 0 aliphatic carbocycles. The number of ether oxygens (including phenoxy) is 1. The number of hydrogen-bond acceptors (Lipinski definition) is 4. The summed E-state index contributed by atoms with van der Waals surface area (Å²) in [7, 11) is 0. The van der Waals surface area contributed by atoms with Crippen molar-refractivity contribution in [1.82, 2.24) is 9.97 Å². The molecule has 0 spiro atoms. The first-order valence-electron chi connectivity index (χ1n) is 10.0. The van der Waals surface area contributed by atoms with E-state index >= 15 is 0 Å². The Balaban J connectivity index is 1.69. The Kier molecular flexibility index (Phi) is 6.12. The number of carbonyl (C=O) groups excluding carboxylic acids is 1. The molecule has 0 amide bonds. The molecule has 33 heavy (non-hydrogen) atoms. The molecule has 0 unspecified atom stereocenters. The molecule has 0 atom stereocenters. The Morgan fingerprint density at radius 2 is 1.82 bits per heavy atom. The number of rotatable bonds is 5. The first kappa shape index (κ1) is 22.1. The minimum absolute atomic E-state index is 0.0743. The summed E-state index contributed by atoms with van der Waals surface area (Å²) in [6, 6.07) is 7.09. The lowest BCUT2D eigenvalue weighted by atomic mass is 10.1. The van der Waals surface area contributed by atoms with Crippen molar-refractivity contribution < 1.29 is 22.7 Å². The molecule has 6 nitrogen and oxygen atoms in total. The Morgan fingerprint density at radius 3 is 2.48 bits per heavy atom. The number of esters is 1. The third kappa shape index (κ3) is 5.57. The third-order valence-corrected chi connectivity index (χ3v) is 4.68. The number of aromatic amines is 2. The van der Waals surface area contributed by atoms with E-state index in [1.165, 1.54) is 0 Å². The standard InChI is InChI=1S/C24H19F3N4O2/c1-2-15-7-9-20(30-15)22(23(32)33-14-24(25,26)27)21-10-8-19(31-21)13-18-6-5-17(29-18)12-16-4-3-11-28-16/h2-13,29,31H,14H2,1H3/b15-2-,16-12-,19-13-,22-21+. The van der Waals surface area contributed by atoms with Crippen LogP contribution in [0.3, 0.4) is 0 Å². The van der Waals surface area contributed by atoms with Crippen molar-refractivity contribution in [3.63, 3.8) is 0 Å². The van der Waals surface area contributed by atoms with Crippen LogP contribution in [0.1, 0.15) is 18.3 Å². The van der Waals surface area contributed by atoms with Crippen molar-refractivity contribution >= 4 is 35.6 Å². The van der Waals surface area contributed by atoms with Crippen LogP contribution in [0, 0.1) is 0 Å². The van der Waals surface area contributed by atoms with Gasteiger partial charge in [-0.25, -0.2) is 9.79 Å². The van der Waals surface area contributed by atoms with Crippen LogP contribution in [0.25, 0.3) is 17.7 Å². The number of aromatic nitrogens is 2. The van der Waals surface area contributed by atoms with Crippen LogP contribution in [0.2, 0.25) is 0 Å². The number of aliphatic imine (C=N–C) groups is 2. The van der Waals surface area contributed by atoms with E-state index in [9.17, 15) is 18.0 Å². The number of allylic oxidation sites excluding steroid dienone is 5. The van der Waals surface area contributed by atoms with Gasteiger partial charge in [0.2, 0.25) is 0 Å². The third-order valence-electron chi connectivity index (χ3n) is 4.68. The monoisotopic (exact) mass is 452 g/mol. The molecule has 0 saturated heterocycles.